The summed E-state index contributed by atoms with van der Waals surface area (Å²) in [4.78, 5) is -0.186. The molecule has 0 heterocycles. The number of hydrogen-bond acceptors (Lipinski definition) is 4. The van der Waals surface area contributed by atoms with Crippen LogP contribution in [0.15, 0.2) is 47.4 Å². The topological polar surface area (TPSA) is 86.7 Å². The quantitative estimate of drug-likeness (QED) is 0.388. The van der Waals surface area contributed by atoms with Gasteiger partial charge >= 0.3 is 51.4 Å². The van der Waals surface area contributed by atoms with Crippen LogP contribution in [-0.4, -0.2) is 13.0 Å². The summed E-state index contributed by atoms with van der Waals surface area (Å²) in [5.41, 5.74) is 0.794. The number of unbranched alkanes of at least 4 members (excludes halogenated alkanes) is 4. The Balaban J connectivity index is 0.00000338. The van der Waals surface area contributed by atoms with Gasteiger partial charge in [0.15, 0.2) is 0 Å². The van der Waals surface area contributed by atoms with E-state index in [0.29, 0.717) is 17.9 Å². The summed E-state index contributed by atoms with van der Waals surface area (Å²) in [6, 6.07) is 10.3. The van der Waals surface area contributed by atoms with Gasteiger partial charge in [0.2, 0.25) is 0 Å². The Morgan fingerprint density at radius 1 is 0.962 bits per heavy atom. The third-order valence-electron chi connectivity index (χ3n) is 3.87. The van der Waals surface area contributed by atoms with Crippen LogP contribution in [0.3, 0.4) is 0 Å². The second-order valence-electron chi connectivity index (χ2n) is 6.03. The molecule has 5 nitrogen and oxygen atoms in total. The van der Waals surface area contributed by atoms with Crippen LogP contribution in [0.2, 0.25) is 0 Å². The first-order valence-corrected chi connectivity index (χ1v) is 9.89. The maximum atomic E-state index is 11.5. The maximum absolute atomic E-state index is 11.5. The van der Waals surface area contributed by atoms with Gasteiger partial charge in [-0.1, -0.05) is 44.7 Å². The molecule has 136 valence electrons. The van der Waals surface area contributed by atoms with E-state index >= 15 is 0 Å². The summed E-state index contributed by atoms with van der Waals surface area (Å²) >= 11 is 0. The zero-order valence-corrected chi connectivity index (χ0v) is 19.2. The van der Waals surface area contributed by atoms with Crippen LogP contribution in [0.1, 0.15) is 44.6 Å². The monoisotopic (exact) mass is 402 g/mol. The van der Waals surface area contributed by atoms with Crippen molar-refractivity contribution in [3.05, 3.63) is 48.0 Å². The van der Waals surface area contributed by atoms with Gasteiger partial charge in [0.25, 0.3) is 10.1 Å². The number of ether oxygens (including phenoxy) is 1. The van der Waals surface area contributed by atoms with Crippen molar-refractivity contribution in [1.29, 1.82) is 0 Å². The first kappa shape index (κ1) is 23.6. The molecule has 0 aliphatic heterocycles. The average Bonchev–Trinajstić information content (AvgIpc) is 2.56. The standard InChI is InChI=1S/C19H24O5S.K/c1-2-3-4-5-6-7-15-12-18(14-19(13-15)25(21,22)23)24-17-10-8-16(20)9-11-17;/h8-14,20H,2-7H2,1H3,(H,21,22,23);/q;+1/p-1. The van der Waals surface area contributed by atoms with E-state index in [4.69, 9.17) is 4.74 Å². The summed E-state index contributed by atoms with van der Waals surface area (Å²) < 4.78 is 38.0. The molecule has 0 fully saturated rings. The minimum absolute atomic E-state index is 0. The molecule has 1 N–H and O–H groups in total. The fourth-order valence-electron chi connectivity index (χ4n) is 2.56. The van der Waals surface area contributed by atoms with E-state index in [1.165, 1.54) is 49.2 Å². The molecule has 0 amide bonds. The Morgan fingerprint density at radius 2 is 1.62 bits per heavy atom. The van der Waals surface area contributed by atoms with E-state index in [-0.39, 0.29) is 62.0 Å². The summed E-state index contributed by atoms with van der Waals surface area (Å²) in [7, 11) is -4.32. The van der Waals surface area contributed by atoms with Crippen molar-refractivity contribution >= 4 is 10.1 Å². The second-order valence-corrected chi connectivity index (χ2v) is 7.45. The first-order valence-electron chi connectivity index (χ1n) is 8.45. The molecule has 0 radical (unpaired) electrons. The number of hydrogen-bond donors (Lipinski definition) is 1. The molecule has 2 aromatic carbocycles. The molecule has 0 bridgehead atoms. The first-order chi connectivity index (χ1) is 11.9. The Morgan fingerprint density at radius 3 is 2.23 bits per heavy atom. The van der Waals surface area contributed by atoms with Gasteiger partial charge in [-0.15, -0.1) is 5.75 Å². The summed E-state index contributed by atoms with van der Waals surface area (Å²) in [6.45, 7) is 2.15. The molecular weight excluding hydrogens is 379 g/mol. The fraction of sp³-hybridized carbons (Fsp3) is 0.368. The van der Waals surface area contributed by atoms with E-state index in [0.717, 1.165) is 24.8 Å². The van der Waals surface area contributed by atoms with E-state index in [1.807, 2.05) is 0 Å². The molecule has 7 heteroatoms. The molecule has 0 spiro atoms. The van der Waals surface area contributed by atoms with Gasteiger partial charge in [-0.2, -0.15) is 8.42 Å². The molecular formula is C19H23KO5S. The third kappa shape index (κ3) is 8.08. The summed E-state index contributed by atoms with van der Waals surface area (Å²) in [5.74, 6) is 0.616. The summed E-state index contributed by atoms with van der Waals surface area (Å²) in [5, 5.41) is 11.1. The average molecular weight is 403 g/mol. The molecule has 0 saturated carbocycles. The normalized spacial score (nSPS) is 11.0. The van der Waals surface area contributed by atoms with Gasteiger partial charge in [-0.3, -0.25) is 4.55 Å². The Kier molecular flexibility index (Phi) is 10.4. The molecule has 2 aromatic rings. The predicted molar refractivity (Wildman–Crippen MR) is 94.7 cm³/mol. The van der Waals surface area contributed by atoms with Crippen LogP contribution in [0.5, 0.6) is 17.2 Å². The number of rotatable bonds is 9. The molecule has 2 rings (SSSR count). The number of aryl methyl sites for hydroxylation is 1. The van der Waals surface area contributed by atoms with Crippen molar-refractivity contribution in [3.63, 3.8) is 0 Å². The van der Waals surface area contributed by atoms with Crippen molar-refractivity contribution in [3.8, 4) is 17.2 Å². The molecule has 0 aromatic heterocycles. The Bertz CT molecular complexity index is 788. The van der Waals surface area contributed by atoms with Crippen molar-refractivity contribution in [2.45, 2.75) is 50.3 Å². The van der Waals surface area contributed by atoms with Gasteiger partial charge in [-0.05, 0) is 42.7 Å². The molecule has 0 saturated heterocycles. The zero-order chi connectivity index (χ0) is 18.3. The van der Waals surface area contributed by atoms with E-state index in [1.54, 1.807) is 6.07 Å². The largest absolute Gasteiger partial charge is 1.00 e. The molecule has 26 heavy (non-hydrogen) atoms. The van der Waals surface area contributed by atoms with Crippen LogP contribution >= 0.6 is 0 Å². The van der Waals surface area contributed by atoms with Gasteiger partial charge < -0.3 is 9.84 Å². The van der Waals surface area contributed by atoms with E-state index in [9.17, 15) is 18.1 Å². The summed E-state index contributed by atoms with van der Waals surface area (Å²) in [6.07, 6.45) is 6.24. The third-order valence-corrected chi connectivity index (χ3v) is 4.70. The van der Waals surface area contributed by atoms with E-state index in [2.05, 4.69) is 6.92 Å². The smallest absolute Gasteiger partial charge is 0.872 e. The van der Waals surface area contributed by atoms with Crippen LogP contribution in [0.4, 0.5) is 0 Å². The molecule has 0 atom stereocenters. The van der Waals surface area contributed by atoms with Crippen molar-refractivity contribution in [1.82, 2.24) is 0 Å². The van der Waals surface area contributed by atoms with Gasteiger partial charge in [0.1, 0.15) is 11.5 Å². The molecule has 0 unspecified atom stereocenters. The SMILES string of the molecule is CCCCCCCc1cc(Oc2ccc([O-])cc2)cc(S(=O)(=O)O)c1.[K+]. The van der Waals surface area contributed by atoms with Gasteiger partial charge in [0, 0.05) is 6.07 Å². The van der Waals surface area contributed by atoms with Crippen molar-refractivity contribution < 1.29 is 74.2 Å². The van der Waals surface area contributed by atoms with Crippen molar-refractivity contribution in [2.24, 2.45) is 0 Å². The van der Waals surface area contributed by atoms with Gasteiger partial charge in [-0.25, -0.2) is 0 Å². The van der Waals surface area contributed by atoms with Crippen LogP contribution in [0, 0.1) is 0 Å². The van der Waals surface area contributed by atoms with Crippen LogP contribution in [-0.2, 0) is 16.5 Å². The molecule has 0 aliphatic carbocycles. The van der Waals surface area contributed by atoms with Crippen LogP contribution in [0.25, 0.3) is 0 Å². The minimum atomic E-state index is -4.32. The Labute approximate surface area is 198 Å². The zero-order valence-electron chi connectivity index (χ0n) is 15.3. The number of benzene rings is 2. The van der Waals surface area contributed by atoms with E-state index < -0.39 is 10.1 Å². The van der Waals surface area contributed by atoms with Crippen molar-refractivity contribution in [2.75, 3.05) is 0 Å². The fourth-order valence-corrected chi connectivity index (χ4v) is 3.12. The van der Waals surface area contributed by atoms with Gasteiger partial charge in [0.05, 0.1) is 4.90 Å². The van der Waals surface area contributed by atoms with Crippen LogP contribution < -0.4 is 61.2 Å². The second kappa shape index (κ2) is 11.4. The minimum Gasteiger partial charge on any atom is -0.872 e. The predicted octanol–water partition coefficient (Wildman–Crippen LogP) is 1.32. The maximum Gasteiger partial charge on any atom is 1.00 e. The Hall–Kier alpha value is -0.414. The molecule has 0 aliphatic rings.